The van der Waals surface area contributed by atoms with Crippen LogP contribution in [0.1, 0.15) is 38.8 Å². The second-order valence-corrected chi connectivity index (χ2v) is 6.24. The summed E-state index contributed by atoms with van der Waals surface area (Å²) in [6.45, 7) is 10.8. The zero-order valence-corrected chi connectivity index (χ0v) is 12.7. The van der Waals surface area contributed by atoms with Crippen LogP contribution in [-0.4, -0.2) is 18.5 Å². The van der Waals surface area contributed by atoms with E-state index in [2.05, 4.69) is 44.3 Å². The molecule has 19 heavy (non-hydrogen) atoms. The van der Waals surface area contributed by atoms with Gasteiger partial charge in [0.2, 0.25) is 5.91 Å². The predicted octanol–water partition coefficient (Wildman–Crippen LogP) is 2.37. The molecule has 0 saturated heterocycles. The minimum atomic E-state index is -0.437. The van der Waals surface area contributed by atoms with Gasteiger partial charge in [0.05, 0.1) is 6.04 Å². The Balaban J connectivity index is 2.68. The molecule has 1 atom stereocenters. The van der Waals surface area contributed by atoms with E-state index in [-0.39, 0.29) is 17.2 Å². The number of amides is 1. The van der Waals surface area contributed by atoms with Crippen LogP contribution in [-0.2, 0) is 10.2 Å². The molecule has 0 aliphatic carbocycles. The Labute approximate surface area is 116 Å². The molecular weight excluding hydrogens is 236 g/mol. The van der Waals surface area contributed by atoms with Gasteiger partial charge in [-0.2, -0.15) is 0 Å². The fourth-order valence-corrected chi connectivity index (χ4v) is 1.90. The van der Waals surface area contributed by atoms with Crippen LogP contribution in [0, 0.1) is 12.8 Å². The Hall–Kier alpha value is -1.35. The zero-order valence-electron chi connectivity index (χ0n) is 12.7. The summed E-state index contributed by atoms with van der Waals surface area (Å²) in [5, 5.41) is 2.96. The molecule has 1 amide bonds. The first-order chi connectivity index (χ1) is 8.74. The fourth-order valence-electron chi connectivity index (χ4n) is 1.90. The fraction of sp³-hybridized carbons (Fsp3) is 0.562. The summed E-state index contributed by atoms with van der Waals surface area (Å²) < 4.78 is 0. The van der Waals surface area contributed by atoms with Crippen molar-refractivity contribution in [3.63, 3.8) is 0 Å². The number of hydrogen-bond acceptors (Lipinski definition) is 2. The standard InChI is InChI=1S/C16H26N2O/c1-11(2)14(17)15(19)18-10-16(4,5)13-8-6-7-12(3)9-13/h6-9,11,14H,10,17H2,1-5H3,(H,18,19)/t14-/m0/s1. The number of rotatable bonds is 5. The van der Waals surface area contributed by atoms with Crippen molar-refractivity contribution in [1.29, 1.82) is 0 Å². The molecule has 0 spiro atoms. The maximum absolute atomic E-state index is 11.9. The highest BCUT2D eigenvalue weighted by atomic mass is 16.2. The van der Waals surface area contributed by atoms with Crippen molar-refractivity contribution in [2.24, 2.45) is 11.7 Å². The Kier molecular flexibility index (Phi) is 5.12. The first-order valence-electron chi connectivity index (χ1n) is 6.84. The summed E-state index contributed by atoms with van der Waals surface area (Å²) >= 11 is 0. The summed E-state index contributed by atoms with van der Waals surface area (Å²) in [6.07, 6.45) is 0. The molecule has 3 nitrogen and oxygen atoms in total. The number of benzene rings is 1. The molecule has 3 heteroatoms. The van der Waals surface area contributed by atoms with Crippen LogP contribution in [0.4, 0.5) is 0 Å². The van der Waals surface area contributed by atoms with E-state index < -0.39 is 6.04 Å². The number of hydrogen-bond donors (Lipinski definition) is 2. The maximum atomic E-state index is 11.9. The maximum Gasteiger partial charge on any atom is 0.237 e. The van der Waals surface area contributed by atoms with E-state index >= 15 is 0 Å². The SMILES string of the molecule is Cc1cccc(C(C)(C)CNC(=O)[C@@H](N)C(C)C)c1. The lowest BCUT2D eigenvalue weighted by Gasteiger charge is -2.27. The Morgan fingerprint density at radius 3 is 2.53 bits per heavy atom. The van der Waals surface area contributed by atoms with Crippen molar-refractivity contribution >= 4 is 5.91 Å². The molecule has 0 heterocycles. The molecule has 0 radical (unpaired) electrons. The average Bonchev–Trinajstić information content (AvgIpc) is 2.35. The van der Waals surface area contributed by atoms with Gasteiger partial charge >= 0.3 is 0 Å². The lowest BCUT2D eigenvalue weighted by atomic mass is 9.84. The zero-order chi connectivity index (χ0) is 14.6. The van der Waals surface area contributed by atoms with E-state index in [9.17, 15) is 4.79 Å². The molecule has 0 fully saturated rings. The minimum Gasteiger partial charge on any atom is -0.354 e. The number of nitrogens with two attached hydrogens (primary N) is 1. The molecule has 0 bridgehead atoms. The van der Waals surface area contributed by atoms with Gasteiger partial charge in [-0.05, 0) is 18.4 Å². The number of carbonyl (C=O) groups excluding carboxylic acids is 1. The van der Waals surface area contributed by atoms with Crippen LogP contribution in [0.15, 0.2) is 24.3 Å². The normalized spacial score (nSPS) is 13.4. The van der Waals surface area contributed by atoms with Crippen LogP contribution in [0.2, 0.25) is 0 Å². The molecule has 1 aromatic carbocycles. The molecule has 0 aromatic heterocycles. The van der Waals surface area contributed by atoms with Crippen LogP contribution in [0.5, 0.6) is 0 Å². The highest BCUT2D eigenvalue weighted by molar-refractivity contribution is 5.81. The highest BCUT2D eigenvalue weighted by Gasteiger charge is 2.24. The third-order valence-corrected chi connectivity index (χ3v) is 3.53. The quantitative estimate of drug-likeness (QED) is 0.856. The topological polar surface area (TPSA) is 55.1 Å². The van der Waals surface area contributed by atoms with Crippen molar-refractivity contribution < 1.29 is 4.79 Å². The molecule has 1 rings (SSSR count). The van der Waals surface area contributed by atoms with Crippen LogP contribution < -0.4 is 11.1 Å². The van der Waals surface area contributed by atoms with Crippen LogP contribution >= 0.6 is 0 Å². The van der Waals surface area contributed by atoms with E-state index in [1.165, 1.54) is 11.1 Å². The van der Waals surface area contributed by atoms with Crippen molar-refractivity contribution in [1.82, 2.24) is 5.32 Å². The van der Waals surface area contributed by atoms with Crippen molar-refractivity contribution in [2.45, 2.75) is 46.1 Å². The molecule has 106 valence electrons. The third kappa shape index (κ3) is 4.35. The molecule has 3 N–H and O–H groups in total. The summed E-state index contributed by atoms with van der Waals surface area (Å²) in [6, 6.07) is 7.95. The number of carbonyl (C=O) groups is 1. The van der Waals surface area contributed by atoms with Gasteiger partial charge in [0, 0.05) is 12.0 Å². The van der Waals surface area contributed by atoms with Crippen molar-refractivity contribution in [2.75, 3.05) is 6.54 Å². The van der Waals surface area contributed by atoms with E-state index in [4.69, 9.17) is 5.73 Å². The van der Waals surface area contributed by atoms with Gasteiger partial charge in [0.15, 0.2) is 0 Å². The van der Waals surface area contributed by atoms with Crippen LogP contribution in [0.25, 0.3) is 0 Å². The van der Waals surface area contributed by atoms with Crippen molar-refractivity contribution in [3.8, 4) is 0 Å². The third-order valence-electron chi connectivity index (χ3n) is 3.53. The average molecular weight is 262 g/mol. The van der Waals surface area contributed by atoms with Gasteiger partial charge in [-0.1, -0.05) is 57.5 Å². The van der Waals surface area contributed by atoms with Gasteiger partial charge in [-0.25, -0.2) is 0 Å². The lowest BCUT2D eigenvalue weighted by Crippen LogP contribution is -2.47. The van der Waals surface area contributed by atoms with Gasteiger partial charge in [0.1, 0.15) is 0 Å². The Bertz CT molecular complexity index is 438. The molecular formula is C16H26N2O. The second-order valence-electron chi connectivity index (χ2n) is 6.24. The summed E-state index contributed by atoms with van der Waals surface area (Å²) in [5.74, 6) is 0.0813. The van der Waals surface area contributed by atoms with E-state index in [1.807, 2.05) is 19.9 Å². The number of aryl methyl sites for hydroxylation is 1. The van der Waals surface area contributed by atoms with Gasteiger partial charge < -0.3 is 11.1 Å². The van der Waals surface area contributed by atoms with Crippen LogP contribution in [0.3, 0.4) is 0 Å². The summed E-state index contributed by atoms with van der Waals surface area (Å²) in [7, 11) is 0. The molecule has 1 aromatic rings. The van der Waals surface area contributed by atoms with E-state index in [0.29, 0.717) is 6.54 Å². The monoisotopic (exact) mass is 262 g/mol. The predicted molar refractivity (Wildman–Crippen MR) is 80.0 cm³/mol. The van der Waals surface area contributed by atoms with E-state index in [0.717, 1.165) is 0 Å². The first kappa shape index (κ1) is 15.7. The van der Waals surface area contributed by atoms with Gasteiger partial charge in [-0.3, -0.25) is 4.79 Å². The molecule has 0 saturated carbocycles. The largest absolute Gasteiger partial charge is 0.354 e. The smallest absolute Gasteiger partial charge is 0.237 e. The highest BCUT2D eigenvalue weighted by Crippen LogP contribution is 2.23. The summed E-state index contributed by atoms with van der Waals surface area (Å²) in [4.78, 5) is 11.9. The Morgan fingerprint density at radius 1 is 1.37 bits per heavy atom. The molecule has 0 aliphatic rings. The first-order valence-corrected chi connectivity index (χ1v) is 6.84. The molecule has 0 unspecified atom stereocenters. The van der Waals surface area contributed by atoms with Gasteiger partial charge in [-0.15, -0.1) is 0 Å². The van der Waals surface area contributed by atoms with Gasteiger partial charge in [0.25, 0.3) is 0 Å². The van der Waals surface area contributed by atoms with E-state index in [1.54, 1.807) is 0 Å². The Morgan fingerprint density at radius 2 is 2.00 bits per heavy atom. The second kappa shape index (κ2) is 6.20. The summed E-state index contributed by atoms with van der Waals surface area (Å²) in [5.41, 5.74) is 8.20. The minimum absolute atomic E-state index is 0.0734. The van der Waals surface area contributed by atoms with Crippen molar-refractivity contribution in [3.05, 3.63) is 35.4 Å². The number of nitrogens with one attached hydrogen (secondary N) is 1. The lowest BCUT2D eigenvalue weighted by molar-refractivity contribution is -0.123. The molecule has 0 aliphatic heterocycles.